The summed E-state index contributed by atoms with van der Waals surface area (Å²) in [5, 5.41) is 6.97. The molecule has 0 radical (unpaired) electrons. The molecular formula is C13H20N4O2. The molecule has 2 atom stereocenters. The molecule has 1 amide bonds. The fraction of sp³-hybridized carbons (Fsp3) is 0.769. The van der Waals surface area contributed by atoms with Crippen LogP contribution in [0.5, 0.6) is 0 Å². The quantitative estimate of drug-likeness (QED) is 0.893. The third kappa shape index (κ3) is 2.49. The second-order valence-electron chi connectivity index (χ2n) is 5.48. The second-order valence-corrected chi connectivity index (χ2v) is 5.48. The Kier molecular flexibility index (Phi) is 3.26. The Morgan fingerprint density at radius 3 is 3.00 bits per heavy atom. The molecule has 1 aromatic heterocycles. The number of morpholine rings is 1. The number of hydrogen-bond donors (Lipinski definition) is 1. The zero-order chi connectivity index (χ0) is 13.4. The van der Waals surface area contributed by atoms with Crippen LogP contribution in [0.4, 0.5) is 0 Å². The SMILES string of the molecule is CCC1COC(C)CN1C(=O)c1n[nH]c(C2CC2)n1. The molecule has 0 bridgehead atoms. The number of carbonyl (C=O) groups excluding carboxylic acids is 1. The van der Waals surface area contributed by atoms with Crippen LogP contribution in [0.1, 0.15) is 55.5 Å². The van der Waals surface area contributed by atoms with Gasteiger partial charge in [0.1, 0.15) is 5.82 Å². The van der Waals surface area contributed by atoms with Crippen molar-refractivity contribution < 1.29 is 9.53 Å². The number of hydrogen-bond acceptors (Lipinski definition) is 4. The molecule has 104 valence electrons. The minimum Gasteiger partial charge on any atom is -0.375 e. The van der Waals surface area contributed by atoms with Crippen LogP contribution in [-0.2, 0) is 4.74 Å². The highest BCUT2D eigenvalue weighted by Crippen LogP contribution is 2.37. The summed E-state index contributed by atoms with van der Waals surface area (Å²) in [4.78, 5) is 18.7. The zero-order valence-corrected chi connectivity index (χ0v) is 11.4. The van der Waals surface area contributed by atoms with Gasteiger partial charge in [-0.2, -0.15) is 0 Å². The first-order chi connectivity index (χ1) is 9.19. The van der Waals surface area contributed by atoms with Gasteiger partial charge in [-0.05, 0) is 26.2 Å². The van der Waals surface area contributed by atoms with Crippen molar-refractivity contribution in [2.45, 2.75) is 51.2 Å². The van der Waals surface area contributed by atoms with Crippen molar-refractivity contribution in [2.24, 2.45) is 0 Å². The molecule has 6 nitrogen and oxygen atoms in total. The molecule has 19 heavy (non-hydrogen) atoms. The fourth-order valence-corrected chi connectivity index (χ4v) is 2.47. The van der Waals surface area contributed by atoms with Crippen molar-refractivity contribution in [2.75, 3.05) is 13.2 Å². The van der Waals surface area contributed by atoms with Crippen molar-refractivity contribution in [1.29, 1.82) is 0 Å². The third-order valence-electron chi connectivity index (χ3n) is 3.86. The fourth-order valence-electron chi connectivity index (χ4n) is 2.47. The van der Waals surface area contributed by atoms with E-state index in [0.717, 1.165) is 25.1 Å². The minimum atomic E-state index is -0.0786. The molecule has 1 saturated carbocycles. The Hall–Kier alpha value is -1.43. The van der Waals surface area contributed by atoms with Gasteiger partial charge >= 0.3 is 0 Å². The van der Waals surface area contributed by atoms with Crippen LogP contribution >= 0.6 is 0 Å². The van der Waals surface area contributed by atoms with E-state index in [2.05, 4.69) is 22.1 Å². The monoisotopic (exact) mass is 264 g/mol. The van der Waals surface area contributed by atoms with Crippen molar-refractivity contribution in [3.05, 3.63) is 11.6 Å². The van der Waals surface area contributed by atoms with Crippen LogP contribution in [0.3, 0.4) is 0 Å². The highest BCUT2D eigenvalue weighted by atomic mass is 16.5. The first kappa shape index (κ1) is 12.6. The summed E-state index contributed by atoms with van der Waals surface area (Å²) in [5.74, 6) is 1.57. The van der Waals surface area contributed by atoms with Gasteiger partial charge in [-0.25, -0.2) is 4.98 Å². The summed E-state index contributed by atoms with van der Waals surface area (Å²) < 4.78 is 5.61. The summed E-state index contributed by atoms with van der Waals surface area (Å²) >= 11 is 0. The van der Waals surface area contributed by atoms with Crippen LogP contribution < -0.4 is 0 Å². The van der Waals surface area contributed by atoms with Gasteiger partial charge in [0.25, 0.3) is 5.91 Å². The van der Waals surface area contributed by atoms with Gasteiger partial charge < -0.3 is 9.64 Å². The number of nitrogens with zero attached hydrogens (tertiary/aromatic N) is 3. The summed E-state index contributed by atoms with van der Waals surface area (Å²) in [6, 6.07) is 0.131. The summed E-state index contributed by atoms with van der Waals surface area (Å²) in [6.07, 6.45) is 3.26. The van der Waals surface area contributed by atoms with E-state index >= 15 is 0 Å². The van der Waals surface area contributed by atoms with Crippen molar-refractivity contribution in [1.82, 2.24) is 20.1 Å². The predicted octanol–water partition coefficient (Wildman–Crippen LogP) is 1.32. The molecule has 1 N–H and O–H groups in total. The lowest BCUT2D eigenvalue weighted by Gasteiger charge is -2.37. The lowest BCUT2D eigenvalue weighted by molar-refractivity contribution is -0.0447. The Balaban J connectivity index is 1.76. The maximum absolute atomic E-state index is 12.5. The van der Waals surface area contributed by atoms with Crippen molar-refractivity contribution in [3.8, 4) is 0 Å². The zero-order valence-electron chi connectivity index (χ0n) is 11.4. The standard InChI is InChI=1S/C13H20N4O2/c1-3-10-7-19-8(2)6-17(10)13(18)12-14-11(15-16-12)9-4-5-9/h8-10H,3-7H2,1-2H3,(H,14,15,16). The maximum Gasteiger partial charge on any atom is 0.293 e. The van der Waals surface area contributed by atoms with Gasteiger partial charge in [0.05, 0.1) is 18.8 Å². The van der Waals surface area contributed by atoms with E-state index in [9.17, 15) is 4.79 Å². The first-order valence-electron chi connectivity index (χ1n) is 7.04. The number of ether oxygens (including phenoxy) is 1. The van der Waals surface area contributed by atoms with E-state index in [4.69, 9.17) is 4.74 Å². The Morgan fingerprint density at radius 2 is 2.32 bits per heavy atom. The van der Waals surface area contributed by atoms with Gasteiger partial charge in [-0.3, -0.25) is 9.89 Å². The Bertz CT molecular complexity index is 469. The van der Waals surface area contributed by atoms with Crippen LogP contribution in [0.25, 0.3) is 0 Å². The summed E-state index contributed by atoms with van der Waals surface area (Å²) in [7, 11) is 0. The number of amides is 1. The topological polar surface area (TPSA) is 71.1 Å². The molecule has 1 aliphatic carbocycles. The smallest absolute Gasteiger partial charge is 0.293 e. The predicted molar refractivity (Wildman–Crippen MR) is 68.9 cm³/mol. The average molecular weight is 264 g/mol. The molecule has 1 aromatic rings. The molecular weight excluding hydrogens is 244 g/mol. The van der Waals surface area contributed by atoms with Crippen LogP contribution in [0.15, 0.2) is 0 Å². The van der Waals surface area contributed by atoms with E-state index in [1.807, 2.05) is 11.8 Å². The van der Waals surface area contributed by atoms with E-state index in [-0.39, 0.29) is 18.1 Å². The van der Waals surface area contributed by atoms with Gasteiger partial charge in [-0.1, -0.05) is 6.92 Å². The van der Waals surface area contributed by atoms with E-state index < -0.39 is 0 Å². The Morgan fingerprint density at radius 1 is 1.53 bits per heavy atom. The van der Waals surface area contributed by atoms with Crippen LogP contribution in [-0.4, -0.2) is 51.3 Å². The molecule has 3 rings (SSSR count). The summed E-state index contributed by atoms with van der Waals surface area (Å²) in [5.41, 5.74) is 0. The molecule has 2 fully saturated rings. The second kappa shape index (κ2) is 4.92. The van der Waals surface area contributed by atoms with Gasteiger partial charge in [0, 0.05) is 12.5 Å². The molecule has 6 heteroatoms. The van der Waals surface area contributed by atoms with Gasteiger partial charge in [0.2, 0.25) is 5.82 Å². The van der Waals surface area contributed by atoms with Gasteiger partial charge in [-0.15, -0.1) is 5.10 Å². The number of rotatable bonds is 3. The maximum atomic E-state index is 12.5. The first-order valence-corrected chi connectivity index (χ1v) is 7.04. The van der Waals surface area contributed by atoms with Crippen LogP contribution in [0, 0.1) is 0 Å². The molecule has 1 aliphatic heterocycles. The lowest BCUT2D eigenvalue weighted by atomic mass is 10.1. The highest BCUT2D eigenvalue weighted by Gasteiger charge is 2.33. The molecule has 2 aliphatic rings. The number of aromatic amines is 1. The minimum absolute atomic E-state index is 0.0774. The Labute approximate surface area is 112 Å². The molecule has 2 unspecified atom stereocenters. The molecule has 1 saturated heterocycles. The van der Waals surface area contributed by atoms with E-state index in [0.29, 0.717) is 24.9 Å². The number of H-pyrrole nitrogens is 1. The van der Waals surface area contributed by atoms with Gasteiger partial charge in [0.15, 0.2) is 0 Å². The van der Waals surface area contributed by atoms with E-state index in [1.165, 1.54) is 0 Å². The summed E-state index contributed by atoms with van der Waals surface area (Å²) in [6.45, 7) is 5.27. The van der Waals surface area contributed by atoms with Crippen molar-refractivity contribution >= 4 is 5.91 Å². The third-order valence-corrected chi connectivity index (χ3v) is 3.86. The number of aromatic nitrogens is 3. The van der Waals surface area contributed by atoms with Crippen LogP contribution in [0.2, 0.25) is 0 Å². The molecule has 0 aromatic carbocycles. The molecule has 2 heterocycles. The van der Waals surface area contributed by atoms with Crippen molar-refractivity contribution in [3.63, 3.8) is 0 Å². The number of carbonyl (C=O) groups is 1. The molecule has 0 spiro atoms. The normalized spacial score (nSPS) is 27.6. The lowest BCUT2D eigenvalue weighted by Crippen LogP contribution is -2.51. The average Bonchev–Trinajstić information content (AvgIpc) is 3.16. The highest BCUT2D eigenvalue weighted by molar-refractivity contribution is 5.90. The number of nitrogens with one attached hydrogen (secondary N) is 1. The van der Waals surface area contributed by atoms with E-state index in [1.54, 1.807) is 0 Å². The largest absolute Gasteiger partial charge is 0.375 e.